The highest BCUT2D eigenvalue weighted by Crippen LogP contribution is 2.38. The van der Waals surface area contributed by atoms with Gasteiger partial charge in [-0.3, -0.25) is 14.2 Å². The molecule has 0 amide bonds. The summed E-state index contributed by atoms with van der Waals surface area (Å²) in [5.74, 6) is -0.926. The molecule has 0 saturated carbocycles. The molecule has 310 valence electrons. The van der Waals surface area contributed by atoms with E-state index >= 15 is 0 Å². The number of esters is 2. The largest absolute Gasteiger partial charge is 0.756 e. The molecule has 0 rings (SSSR count). The van der Waals surface area contributed by atoms with Crippen LogP contribution in [0.4, 0.5) is 0 Å². The lowest BCUT2D eigenvalue weighted by atomic mass is 10.1. The lowest BCUT2D eigenvalue weighted by Crippen LogP contribution is -2.37. The van der Waals surface area contributed by atoms with Crippen LogP contribution in [0.2, 0.25) is 0 Å². The van der Waals surface area contributed by atoms with Crippen molar-refractivity contribution in [3.63, 3.8) is 0 Å². The molecule has 0 spiro atoms. The molecule has 9 nitrogen and oxygen atoms in total. The van der Waals surface area contributed by atoms with Gasteiger partial charge in [-0.2, -0.15) is 0 Å². The predicted octanol–water partition coefficient (Wildman–Crippen LogP) is 10.5. The van der Waals surface area contributed by atoms with Gasteiger partial charge in [0.1, 0.15) is 19.8 Å². The van der Waals surface area contributed by atoms with E-state index in [1.165, 1.54) is 0 Å². The van der Waals surface area contributed by atoms with Gasteiger partial charge >= 0.3 is 11.9 Å². The second kappa shape index (κ2) is 36.3. The predicted molar refractivity (Wildman–Crippen MR) is 226 cm³/mol. The van der Waals surface area contributed by atoms with Crippen molar-refractivity contribution in [2.45, 2.75) is 116 Å². The molecule has 2 atom stereocenters. The third-order valence-corrected chi connectivity index (χ3v) is 8.69. The highest BCUT2D eigenvalue weighted by atomic mass is 31.2. The van der Waals surface area contributed by atoms with Gasteiger partial charge in [-0.1, -0.05) is 155 Å². The molecule has 0 aliphatic heterocycles. The van der Waals surface area contributed by atoms with Gasteiger partial charge < -0.3 is 27.9 Å². The van der Waals surface area contributed by atoms with Crippen LogP contribution in [0.1, 0.15) is 110 Å². The fraction of sp³-hybridized carbons (Fsp3) is 0.556. The Kier molecular flexibility index (Phi) is 34.1. The van der Waals surface area contributed by atoms with Crippen molar-refractivity contribution in [3.05, 3.63) is 109 Å². The van der Waals surface area contributed by atoms with Crippen LogP contribution < -0.4 is 4.89 Å². The van der Waals surface area contributed by atoms with Gasteiger partial charge in [0.2, 0.25) is 0 Å². The number of hydrogen-bond donors (Lipinski definition) is 0. The summed E-state index contributed by atoms with van der Waals surface area (Å²) in [4.78, 5) is 37.4. The van der Waals surface area contributed by atoms with Gasteiger partial charge in [0.25, 0.3) is 7.82 Å². The monoisotopic (exact) mass is 785 g/mol. The van der Waals surface area contributed by atoms with Crippen LogP contribution in [0, 0.1) is 0 Å². The number of phosphoric ester groups is 1. The lowest BCUT2D eigenvalue weighted by Gasteiger charge is -2.28. The van der Waals surface area contributed by atoms with E-state index in [2.05, 4.69) is 50.3 Å². The maximum Gasteiger partial charge on any atom is 0.306 e. The van der Waals surface area contributed by atoms with Gasteiger partial charge in [-0.05, 0) is 51.4 Å². The lowest BCUT2D eigenvalue weighted by molar-refractivity contribution is -0.870. The molecule has 2 unspecified atom stereocenters. The zero-order valence-corrected chi connectivity index (χ0v) is 35.5. The van der Waals surface area contributed by atoms with Gasteiger partial charge in [0.05, 0.1) is 27.7 Å². The summed E-state index contributed by atoms with van der Waals surface area (Å²) in [5, 5.41) is 0. The normalized spacial score (nSPS) is 14.8. The van der Waals surface area contributed by atoms with Crippen LogP contribution >= 0.6 is 7.82 Å². The maximum atomic E-state index is 12.6. The molecule has 0 aliphatic rings. The second-order valence-corrected chi connectivity index (χ2v) is 15.5. The maximum absolute atomic E-state index is 12.6. The van der Waals surface area contributed by atoms with Crippen molar-refractivity contribution in [1.82, 2.24) is 0 Å². The number of ether oxygens (including phenoxy) is 2. The van der Waals surface area contributed by atoms with E-state index in [0.717, 1.165) is 70.6 Å². The van der Waals surface area contributed by atoms with E-state index in [9.17, 15) is 19.0 Å². The molecule has 0 fully saturated rings. The molecule has 0 aliphatic carbocycles. The van der Waals surface area contributed by atoms with Crippen LogP contribution in [0.3, 0.4) is 0 Å². The molecular formula is C45H72NO8P. The molecular weight excluding hydrogens is 713 g/mol. The first-order valence-electron chi connectivity index (χ1n) is 20.2. The van der Waals surface area contributed by atoms with E-state index < -0.39 is 32.5 Å². The van der Waals surface area contributed by atoms with Crippen LogP contribution in [-0.2, 0) is 32.7 Å². The molecule has 0 saturated heterocycles. The fourth-order valence-corrected chi connectivity index (χ4v) is 5.30. The smallest absolute Gasteiger partial charge is 0.306 e. The summed E-state index contributed by atoms with van der Waals surface area (Å²) < 4.78 is 33.7. The second-order valence-electron chi connectivity index (χ2n) is 14.1. The first kappa shape index (κ1) is 51.7. The fourth-order valence-electron chi connectivity index (χ4n) is 4.57. The van der Waals surface area contributed by atoms with Crippen molar-refractivity contribution < 1.29 is 42.1 Å². The Bertz CT molecular complexity index is 1300. The molecule has 0 aromatic carbocycles. The number of likely N-dealkylation sites (N-methyl/N-ethyl adjacent to an activating group) is 1. The highest BCUT2D eigenvalue weighted by Gasteiger charge is 2.21. The van der Waals surface area contributed by atoms with Crippen molar-refractivity contribution in [2.75, 3.05) is 47.5 Å². The van der Waals surface area contributed by atoms with E-state index in [0.29, 0.717) is 23.9 Å². The SMILES string of the molecule is CC/C=C/C=C/C=C/C=C/CCCCCC(=O)OC(COC(=O)CCCCCCC/C=C/C=C/C=C/C=C/C=C/CCC)COP(=O)([O-])OCC[N+](C)(C)C. The summed E-state index contributed by atoms with van der Waals surface area (Å²) in [6.07, 6.45) is 48.3. The van der Waals surface area contributed by atoms with Gasteiger partial charge in [0.15, 0.2) is 6.10 Å². The number of hydrogen-bond acceptors (Lipinski definition) is 8. The summed E-state index contributed by atoms with van der Waals surface area (Å²) in [7, 11) is 1.09. The zero-order valence-electron chi connectivity index (χ0n) is 34.6. The summed E-state index contributed by atoms with van der Waals surface area (Å²) >= 11 is 0. The minimum Gasteiger partial charge on any atom is -0.756 e. The Balaban J connectivity index is 4.54. The Morgan fingerprint density at radius 2 is 1.04 bits per heavy atom. The Hall–Kier alpha value is -3.33. The average molecular weight is 786 g/mol. The molecule has 10 heteroatoms. The number of allylic oxidation sites excluding steroid dienone is 18. The molecule has 0 aromatic rings. The van der Waals surface area contributed by atoms with Crippen LogP contribution in [-0.4, -0.2) is 70.0 Å². The molecule has 55 heavy (non-hydrogen) atoms. The molecule has 0 radical (unpaired) electrons. The minimum atomic E-state index is -4.65. The third-order valence-electron chi connectivity index (χ3n) is 7.73. The Morgan fingerprint density at radius 3 is 1.56 bits per heavy atom. The van der Waals surface area contributed by atoms with E-state index in [4.69, 9.17) is 18.5 Å². The minimum absolute atomic E-state index is 0.0508. The average Bonchev–Trinajstić information content (AvgIpc) is 3.13. The Labute approximate surface area is 334 Å². The summed E-state index contributed by atoms with van der Waals surface area (Å²) in [6.45, 7) is 3.87. The van der Waals surface area contributed by atoms with E-state index in [1.54, 1.807) is 0 Å². The molecule has 0 heterocycles. The van der Waals surface area contributed by atoms with Crippen molar-refractivity contribution in [3.8, 4) is 0 Å². The van der Waals surface area contributed by atoms with Crippen LogP contribution in [0.5, 0.6) is 0 Å². The zero-order chi connectivity index (χ0) is 40.7. The first-order valence-corrected chi connectivity index (χ1v) is 21.7. The number of unbranched alkanes of at least 4 members (excludes halogenated alkanes) is 9. The first-order chi connectivity index (χ1) is 26.5. The molecule has 0 bridgehead atoms. The van der Waals surface area contributed by atoms with Gasteiger partial charge in [-0.25, -0.2) is 0 Å². The number of phosphoric acid groups is 1. The van der Waals surface area contributed by atoms with Gasteiger partial charge in [-0.15, -0.1) is 0 Å². The standard InChI is InChI=1S/C45H72NO8P/c1-6-8-10-12-14-16-18-20-21-22-23-24-26-27-29-31-33-35-37-44(47)51-41-43(42-53-55(49,50)52-40-39-46(3,4)5)54-45(48)38-36-34-32-30-28-25-19-17-15-13-11-9-7-2/h9-25,28,43H,6-8,26-27,29-42H2,1-5H3/b11-9+,12-10+,15-13+,16-14+,19-17+,20-18+,22-21+,24-23+,28-25+. The summed E-state index contributed by atoms with van der Waals surface area (Å²) in [6, 6.07) is 0. The summed E-state index contributed by atoms with van der Waals surface area (Å²) in [5.41, 5.74) is 0. The van der Waals surface area contributed by atoms with E-state index in [-0.39, 0.29) is 26.1 Å². The topological polar surface area (TPSA) is 111 Å². The van der Waals surface area contributed by atoms with Crippen molar-refractivity contribution >= 4 is 19.8 Å². The number of nitrogens with zero attached hydrogens (tertiary/aromatic N) is 1. The highest BCUT2D eigenvalue weighted by molar-refractivity contribution is 7.45. The van der Waals surface area contributed by atoms with Crippen molar-refractivity contribution in [2.24, 2.45) is 0 Å². The Morgan fingerprint density at radius 1 is 0.582 bits per heavy atom. The quantitative estimate of drug-likeness (QED) is 0.0208. The van der Waals surface area contributed by atoms with Crippen LogP contribution in [0.15, 0.2) is 109 Å². The molecule has 0 N–H and O–H groups in total. The number of rotatable bonds is 34. The molecule has 0 aromatic heterocycles. The third kappa shape index (κ3) is 40.2. The number of quaternary nitrogens is 1. The number of carbonyl (C=O) groups is 2. The van der Waals surface area contributed by atoms with Gasteiger partial charge in [0, 0.05) is 12.8 Å². The van der Waals surface area contributed by atoms with Crippen LogP contribution in [0.25, 0.3) is 0 Å². The van der Waals surface area contributed by atoms with E-state index in [1.807, 2.05) is 94.1 Å². The number of carbonyl (C=O) groups excluding carboxylic acids is 2. The van der Waals surface area contributed by atoms with Crippen molar-refractivity contribution in [1.29, 1.82) is 0 Å².